The number of halogens is 2. The Hall–Kier alpha value is -2.85. The molecule has 2 atom stereocenters. The highest BCUT2D eigenvalue weighted by molar-refractivity contribution is 7.80. The van der Waals surface area contributed by atoms with E-state index in [0.717, 1.165) is 0 Å². The second-order valence-corrected chi connectivity index (χ2v) is 9.72. The van der Waals surface area contributed by atoms with Gasteiger partial charge in [-0.15, -0.1) is 5.10 Å². The molecule has 0 saturated carbocycles. The van der Waals surface area contributed by atoms with Crippen molar-refractivity contribution in [3.63, 3.8) is 0 Å². The van der Waals surface area contributed by atoms with E-state index in [1.54, 1.807) is 15.2 Å². The first kappa shape index (κ1) is 40.1. The van der Waals surface area contributed by atoms with Crippen molar-refractivity contribution in [1.29, 1.82) is 0 Å². The smallest absolute Gasteiger partial charge is 0.278 e. The van der Waals surface area contributed by atoms with E-state index in [-0.39, 0.29) is 35.0 Å². The molecule has 2 unspecified atom stereocenters. The number of thiocarbonyl (C=S) groups is 2. The third-order valence-corrected chi connectivity index (χ3v) is 6.81. The zero-order valence-corrected chi connectivity index (χ0v) is 28.0. The van der Waals surface area contributed by atoms with E-state index in [4.69, 9.17) is 23.8 Å². The molecule has 1 aromatic heterocycles. The summed E-state index contributed by atoms with van der Waals surface area (Å²) >= 11 is 9.42. The number of nitrogens with zero attached hydrogens (tertiary/aromatic N) is 5. The summed E-state index contributed by atoms with van der Waals surface area (Å²) in [4.78, 5) is 20.0. The minimum Gasteiger partial charge on any atom is -0.381 e. The number of nitrogens with two attached hydrogens (primary N) is 2. The summed E-state index contributed by atoms with van der Waals surface area (Å²) in [5.41, 5.74) is 5.96. The molecule has 2 heterocycles. The molecular weight excluding hydrogens is 596 g/mol. The molecule has 0 bridgehead atoms. The molecule has 43 heavy (non-hydrogen) atoms. The van der Waals surface area contributed by atoms with Crippen LogP contribution in [-0.2, 0) is 16.2 Å². The third-order valence-electron chi connectivity index (χ3n) is 6.10. The van der Waals surface area contributed by atoms with Crippen LogP contribution in [0.3, 0.4) is 0 Å². The quantitative estimate of drug-likeness (QED) is 0.170. The van der Waals surface area contributed by atoms with Gasteiger partial charge in [0.15, 0.2) is 11.6 Å². The van der Waals surface area contributed by atoms with Crippen LogP contribution in [0.15, 0.2) is 18.3 Å². The number of carbonyl (C=O) groups excluding carboxylic acids is 1. The van der Waals surface area contributed by atoms with Crippen LogP contribution >= 0.6 is 24.4 Å². The Kier molecular flexibility index (Phi) is 21.2. The van der Waals surface area contributed by atoms with Crippen molar-refractivity contribution in [1.82, 2.24) is 30.5 Å². The van der Waals surface area contributed by atoms with Crippen molar-refractivity contribution in [2.24, 2.45) is 17.5 Å². The van der Waals surface area contributed by atoms with E-state index < -0.39 is 11.6 Å². The molecule has 1 fully saturated rings. The zero-order valence-electron chi connectivity index (χ0n) is 26.4. The highest BCUT2D eigenvalue weighted by Crippen LogP contribution is 2.27. The molecule has 1 amide bonds. The van der Waals surface area contributed by atoms with E-state index in [9.17, 15) is 13.6 Å². The second-order valence-electron chi connectivity index (χ2n) is 9.07. The van der Waals surface area contributed by atoms with Gasteiger partial charge in [0.25, 0.3) is 5.17 Å². The SMILES string of the molecule is CC.CC.CC(CC(=O)N1CCN(c2c(F)cc(-n3cc(CNC(=S)ON)nn3)cc2F)CC1)NCN.CCC(C)C=S. The molecule has 244 valence electrons. The predicted octanol–water partition coefficient (Wildman–Crippen LogP) is 3.83. The topological polar surface area (TPSA) is 140 Å². The molecular formula is C28H49F2N9O2S2. The summed E-state index contributed by atoms with van der Waals surface area (Å²) in [5.74, 6) is 4.09. The number of hydrogen-bond acceptors (Lipinski definition) is 10. The normalized spacial score (nSPS) is 13.6. The zero-order chi connectivity index (χ0) is 32.9. The van der Waals surface area contributed by atoms with Gasteiger partial charge >= 0.3 is 0 Å². The molecule has 2 aromatic rings. The molecule has 0 spiro atoms. The van der Waals surface area contributed by atoms with Crippen molar-refractivity contribution in [3.8, 4) is 5.69 Å². The Morgan fingerprint density at radius 1 is 1.14 bits per heavy atom. The van der Waals surface area contributed by atoms with Crippen molar-refractivity contribution in [2.45, 2.75) is 73.9 Å². The maximum Gasteiger partial charge on any atom is 0.278 e. The summed E-state index contributed by atoms with van der Waals surface area (Å²) in [6.07, 6.45) is 2.99. The van der Waals surface area contributed by atoms with Gasteiger partial charge in [0, 0.05) is 57.4 Å². The van der Waals surface area contributed by atoms with Crippen LogP contribution in [0, 0.1) is 17.6 Å². The molecule has 11 nitrogen and oxygen atoms in total. The van der Waals surface area contributed by atoms with Gasteiger partial charge in [-0.3, -0.25) is 4.79 Å². The number of anilines is 1. The lowest BCUT2D eigenvalue weighted by Crippen LogP contribution is -2.50. The minimum absolute atomic E-state index is 0.0188. The predicted molar refractivity (Wildman–Crippen MR) is 177 cm³/mol. The van der Waals surface area contributed by atoms with E-state index >= 15 is 0 Å². The number of hydrogen-bond donors (Lipinski definition) is 4. The monoisotopic (exact) mass is 645 g/mol. The number of carbonyl (C=O) groups is 1. The van der Waals surface area contributed by atoms with Crippen molar-refractivity contribution in [3.05, 3.63) is 35.7 Å². The lowest BCUT2D eigenvalue weighted by molar-refractivity contribution is -0.131. The third kappa shape index (κ3) is 14.0. The largest absolute Gasteiger partial charge is 0.381 e. The maximum absolute atomic E-state index is 14.9. The number of nitrogens with one attached hydrogen (secondary N) is 2. The standard InChI is InChI=1S/C19H27F2N9O2S.C5H10S.2C2H6/c1-12(25-11-22)6-17(31)28-2-4-29(5-3-28)18-15(20)7-14(8-16(18)21)30-10-13(26-27-30)9-24-19(33)32-23;1-3-5(2)4-6;2*1-2/h7-8,10,12,25H,2-6,9,11,22-23H2,1H3,(H,24,33);4-5H,3H2,1-2H3;2*1-2H3. The maximum atomic E-state index is 14.9. The first-order valence-corrected chi connectivity index (χ1v) is 15.5. The summed E-state index contributed by atoms with van der Waals surface area (Å²) in [6.45, 7) is 16.0. The van der Waals surface area contributed by atoms with Gasteiger partial charge in [0.1, 0.15) is 11.4 Å². The van der Waals surface area contributed by atoms with Crippen molar-refractivity contribution in [2.75, 3.05) is 37.7 Å². The van der Waals surface area contributed by atoms with Crippen LogP contribution in [0.25, 0.3) is 5.69 Å². The van der Waals surface area contributed by atoms with E-state index in [1.807, 2.05) is 34.6 Å². The van der Waals surface area contributed by atoms with E-state index in [2.05, 4.69) is 51.8 Å². The number of benzene rings is 1. The van der Waals surface area contributed by atoms with Crippen LogP contribution < -0.4 is 27.2 Å². The van der Waals surface area contributed by atoms with E-state index in [1.165, 1.54) is 29.4 Å². The molecule has 0 radical (unpaired) electrons. The Balaban J connectivity index is 0.00000155. The molecule has 1 aromatic carbocycles. The van der Waals surface area contributed by atoms with Crippen LogP contribution in [0.1, 0.15) is 67.0 Å². The van der Waals surface area contributed by atoms with Crippen molar-refractivity contribution >= 4 is 46.6 Å². The van der Waals surface area contributed by atoms with Gasteiger partial charge in [-0.25, -0.2) is 13.5 Å². The second kappa shape index (κ2) is 22.7. The summed E-state index contributed by atoms with van der Waals surface area (Å²) < 4.78 is 31.0. The Morgan fingerprint density at radius 2 is 1.72 bits per heavy atom. The average molecular weight is 646 g/mol. The molecule has 0 aliphatic carbocycles. The fraction of sp³-hybridized carbons (Fsp3) is 0.607. The van der Waals surface area contributed by atoms with Gasteiger partial charge in [-0.2, -0.15) is 5.90 Å². The van der Waals surface area contributed by atoms with Gasteiger partial charge < -0.3 is 31.0 Å². The highest BCUT2D eigenvalue weighted by atomic mass is 32.1. The first-order valence-electron chi connectivity index (χ1n) is 14.6. The number of amides is 1. The van der Waals surface area contributed by atoms with Crippen LogP contribution in [0.2, 0.25) is 0 Å². The van der Waals surface area contributed by atoms with Gasteiger partial charge in [0.2, 0.25) is 5.91 Å². The Bertz CT molecular complexity index is 1080. The van der Waals surface area contributed by atoms with Gasteiger partial charge in [-0.05, 0) is 36.8 Å². The molecule has 15 heteroatoms. The Morgan fingerprint density at radius 3 is 2.19 bits per heavy atom. The van der Waals surface area contributed by atoms with Crippen LogP contribution in [0.5, 0.6) is 0 Å². The average Bonchev–Trinajstić information content (AvgIpc) is 3.51. The molecule has 1 aliphatic heterocycles. The molecule has 1 saturated heterocycles. The fourth-order valence-corrected chi connectivity index (χ4v) is 3.90. The lowest BCUT2D eigenvalue weighted by Gasteiger charge is -2.36. The lowest BCUT2D eigenvalue weighted by atomic mass is 10.1. The number of aromatic nitrogens is 3. The summed E-state index contributed by atoms with van der Waals surface area (Å²) in [6, 6.07) is 2.34. The Labute approximate surface area is 265 Å². The van der Waals surface area contributed by atoms with Crippen molar-refractivity contribution < 1.29 is 18.4 Å². The van der Waals surface area contributed by atoms with Gasteiger partial charge in [-0.1, -0.05) is 59.0 Å². The molecule has 6 N–H and O–H groups in total. The molecule has 3 rings (SSSR count). The number of piperazine rings is 1. The first-order chi connectivity index (χ1) is 20.6. The summed E-state index contributed by atoms with van der Waals surface area (Å²) in [7, 11) is 0. The van der Waals surface area contributed by atoms with Gasteiger partial charge in [0.05, 0.1) is 18.4 Å². The fourth-order valence-electron chi connectivity index (χ4n) is 3.64. The summed E-state index contributed by atoms with van der Waals surface area (Å²) in [5, 5.41) is 15.3. The number of rotatable bonds is 10. The highest BCUT2D eigenvalue weighted by Gasteiger charge is 2.26. The van der Waals surface area contributed by atoms with E-state index in [0.29, 0.717) is 50.9 Å². The minimum atomic E-state index is -0.724. The molecule has 1 aliphatic rings. The van der Waals surface area contributed by atoms with Crippen LogP contribution in [0.4, 0.5) is 14.5 Å². The van der Waals surface area contributed by atoms with Crippen LogP contribution in [-0.4, -0.2) is 75.2 Å².